The zero-order valence-corrected chi connectivity index (χ0v) is 17.3. The molecule has 1 saturated heterocycles. The normalized spacial score (nSPS) is 16.9. The Morgan fingerprint density at radius 2 is 1.93 bits per heavy atom. The maximum Gasteiger partial charge on any atom is 0.243 e. The molecule has 0 unspecified atom stereocenters. The van der Waals surface area contributed by atoms with Crippen LogP contribution >= 0.6 is 0 Å². The van der Waals surface area contributed by atoms with E-state index in [0.717, 1.165) is 40.4 Å². The number of nitrogens with one attached hydrogen (secondary N) is 1. The lowest BCUT2D eigenvalue weighted by molar-refractivity contribution is -0.116. The van der Waals surface area contributed by atoms with E-state index in [-0.39, 0.29) is 24.1 Å². The number of carbonyl (C=O) groups excluding carboxylic acids is 1. The smallest absolute Gasteiger partial charge is 0.243 e. The van der Waals surface area contributed by atoms with Crippen molar-refractivity contribution in [3.63, 3.8) is 0 Å². The van der Waals surface area contributed by atoms with Gasteiger partial charge in [0, 0.05) is 18.8 Å². The van der Waals surface area contributed by atoms with E-state index >= 15 is 0 Å². The van der Waals surface area contributed by atoms with E-state index in [9.17, 15) is 17.6 Å². The van der Waals surface area contributed by atoms with Crippen molar-refractivity contribution in [2.24, 2.45) is 0 Å². The quantitative estimate of drug-likeness (QED) is 0.746. The van der Waals surface area contributed by atoms with Gasteiger partial charge in [0.1, 0.15) is 5.82 Å². The number of nitrogens with zero attached hydrogens (tertiary/aromatic N) is 1. The molecule has 1 aliphatic heterocycles. The van der Waals surface area contributed by atoms with Crippen molar-refractivity contribution in [2.45, 2.75) is 37.7 Å². The summed E-state index contributed by atoms with van der Waals surface area (Å²) in [5.41, 5.74) is 2.59. The Morgan fingerprint density at radius 3 is 2.59 bits per heavy atom. The van der Waals surface area contributed by atoms with Crippen molar-refractivity contribution in [1.82, 2.24) is 4.31 Å². The number of amides is 1. The van der Waals surface area contributed by atoms with Gasteiger partial charge in [-0.15, -0.1) is 0 Å². The molecule has 1 amide bonds. The predicted molar refractivity (Wildman–Crippen MR) is 109 cm³/mol. The van der Waals surface area contributed by atoms with E-state index in [1.807, 2.05) is 26.0 Å². The van der Waals surface area contributed by atoms with Crippen LogP contribution in [0.25, 0.3) is 0 Å². The van der Waals surface area contributed by atoms with Gasteiger partial charge in [0.15, 0.2) is 0 Å². The van der Waals surface area contributed by atoms with E-state index < -0.39 is 21.7 Å². The molecule has 0 bridgehead atoms. The topological polar surface area (TPSA) is 75.7 Å². The lowest BCUT2D eigenvalue weighted by Gasteiger charge is -2.24. The van der Waals surface area contributed by atoms with E-state index in [2.05, 4.69) is 5.32 Å². The van der Waals surface area contributed by atoms with Crippen molar-refractivity contribution >= 4 is 21.6 Å². The molecule has 1 aliphatic rings. The Kier molecular flexibility index (Phi) is 6.66. The number of carbonyl (C=O) groups is 1. The highest BCUT2D eigenvalue weighted by Gasteiger charge is 2.31. The highest BCUT2D eigenvalue weighted by Crippen LogP contribution is 2.22. The summed E-state index contributed by atoms with van der Waals surface area (Å²) in [6, 6.07) is 10.1. The van der Waals surface area contributed by atoms with E-state index in [4.69, 9.17) is 4.74 Å². The third kappa shape index (κ3) is 5.20. The lowest BCUT2D eigenvalue weighted by atomic mass is 10.1. The number of hydrogen-bond acceptors (Lipinski definition) is 4. The second-order valence-electron chi connectivity index (χ2n) is 7.18. The molecule has 1 heterocycles. The molecule has 2 aromatic rings. The van der Waals surface area contributed by atoms with Crippen LogP contribution < -0.4 is 5.32 Å². The Bertz CT molecular complexity index is 971. The second kappa shape index (κ2) is 9.02. The third-order valence-electron chi connectivity index (χ3n) is 5.08. The molecule has 0 saturated carbocycles. The highest BCUT2D eigenvalue weighted by atomic mass is 32.2. The van der Waals surface area contributed by atoms with Crippen molar-refractivity contribution in [3.05, 3.63) is 59.4 Å². The molecule has 2 aromatic carbocycles. The number of hydrogen-bond donors (Lipinski definition) is 1. The Balaban J connectivity index is 1.82. The SMILES string of the molecule is Cc1cccc(NC(=O)CN(C[C@@H]2CCCO2)S(=O)(=O)c2ccc(F)cc2)c1C. The number of sulfonamides is 1. The first-order valence-electron chi connectivity index (χ1n) is 9.51. The largest absolute Gasteiger partial charge is 0.377 e. The summed E-state index contributed by atoms with van der Waals surface area (Å²) in [5.74, 6) is -0.968. The van der Waals surface area contributed by atoms with Crippen LogP contribution in [0.3, 0.4) is 0 Å². The van der Waals surface area contributed by atoms with Crippen LogP contribution in [0.2, 0.25) is 0 Å². The van der Waals surface area contributed by atoms with Gasteiger partial charge in [0.2, 0.25) is 15.9 Å². The van der Waals surface area contributed by atoms with Crippen LogP contribution in [0.15, 0.2) is 47.4 Å². The number of ether oxygens (including phenoxy) is 1. The molecule has 3 rings (SSSR count). The highest BCUT2D eigenvalue weighted by molar-refractivity contribution is 7.89. The molecule has 8 heteroatoms. The maximum atomic E-state index is 13.2. The van der Waals surface area contributed by atoms with E-state index in [1.165, 1.54) is 12.1 Å². The van der Waals surface area contributed by atoms with Gasteiger partial charge in [0.25, 0.3) is 0 Å². The first-order chi connectivity index (χ1) is 13.8. The summed E-state index contributed by atoms with van der Waals surface area (Å²) in [6.07, 6.45) is 1.32. The fourth-order valence-corrected chi connectivity index (χ4v) is 4.68. The number of aryl methyl sites for hydroxylation is 1. The Morgan fingerprint density at radius 1 is 1.21 bits per heavy atom. The van der Waals surface area contributed by atoms with Gasteiger partial charge in [0.05, 0.1) is 17.5 Å². The van der Waals surface area contributed by atoms with Gasteiger partial charge in [-0.25, -0.2) is 12.8 Å². The summed E-state index contributed by atoms with van der Waals surface area (Å²) < 4.78 is 46.1. The van der Waals surface area contributed by atoms with Crippen LogP contribution in [0.5, 0.6) is 0 Å². The fourth-order valence-electron chi connectivity index (χ4n) is 3.26. The molecule has 29 heavy (non-hydrogen) atoms. The van der Waals surface area contributed by atoms with Gasteiger partial charge < -0.3 is 10.1 Å². The molecule has 0 spiro atoms. The van der Waals surface area contributed by atoms with Gasteiger partial charge in [-0.1, -0.05) is 12.1 Å². The molecular weight excluding hydrogens is 395 g/mol. The Hall–Kier alpha value is -2.29. The Labute approximate surface area is 170 Å². The molecule has 0 aliphatic carbocycles. The number of halogens is 1. The van der Waals surface area contributed by atoms with Crippen molar-refractivity contribution in [2.75, 3.05) is 25.0 Å². The standard InChI is InChI=1S/C21H25FN2O4S/c1-15-5-3-7-20(16(15)2)23-21(25)14-24(13-18-6-4-12-28-18)29(26,27)19-10-8-17(22)9-11-19/h3,5,7-11,18H,4,6,12-14H2,1-2H3,(H,23,25)/t18-/m0/s1. The van der Waals surface area contributed by atoms with Crippen molar-refractivity contribution < 1.29 is 22.3 Å². The molecule has 0 radical (unpaired) electrons. The van der Waals surface area contributed by atoms with E-state index in [1.54, 1.807) is 6.07 Å². The van der Waals surface area contributed by atoms with Gasteiger partial charge in [-0.3, -0.25) is 4.79 Å². The predicted octanol–water partition coefficient (Wildman–Crippen LogP) is 3.25. The van der Waals surface area contributed by atoms with Crippen LogP contribution in [0.1, 0.15) is 24.0 Å². The zero-order valence-electron chi connectivity index (χ0n) is 16.5. The molecule has 1 atom stereocenters. The average Bonchev–Trinajstić information content (AvgIpc) is 3.18. The second-order valence-corrected chi connectivity index (χ2v) is 9.12. The van der Waals surface area contributed by atoms with Gasteiger partial charge in [-0.05, 0) is 68.1 Å². The van der Waals surface area contributed by atoms with Gasteiger partial charge in [-0.2, -0.15) is 4.31 Å². The summed E-state index contributed by atoms with van der Waals surface area (Å²) in [6.45, 7) is 4.12. The number of rotatable bonds is 7. The number of anilines is 1. The minimum atomic E-state index is -3.99. The maximum absolute atomic E-state index is 13.2. The monoisotopic (exact) mass is 420 g/mol. The van der Waals surface area contributed by atoms with Crippen molar-refractivity contribution in [3.8, 4) is 0 Å². The van der Waals surface area contributed by atoms with Crippen LogP contribution in [-0.4, -0.2) is 44.4 Å². The van der Waals surface area contributed by atoms with E-state index in [0.29, 0.717) is 12.3 Å². The summed E-state index contributed by atoms with van der Waals surface area (Å²) in [4.78, 5) is 12.6. The minimum Gasteiger partial charge on any atom is -0.377 e. The average molecular weight is 421 g/mol. The molecule has 1 N–H and O–H groups in total. The molecular formula is C21H25FN2O4S. The molecule has 156 valence electrons. The fraction of sp³-hybridized carbons (Fsp3) is 0.381. The van der Waals surface area contributed by atoms with Gasteiger partial charge >= 0.3 is 0 Å². The van der Waals surface area contributed by atoms with Crippen molar-refractivity contribution in [1.29, 1.82) is 0 Å². The molecule has 6 nitrogen and oxygen atoms in total. The summed E-state index contributed by atoms with van der Waals surface area (Å²) in [5, 5.41) is 2.79. The minimum absolute atomic E-state index is 0.0589. The third-order valence-corrected chi connectivity index (χ3v) is 6.91. The van der Waals surface area contributed by atoms with Crippen LogP contribution in [0, 0.1) is 19.7 Å². The summed E-state index contributed by atoms with van der Waals surface area (Å²) in [7, 11) is -3.99. The van der Waals surface area contributed by atoms with Crippen LogP contribution in [-0.2, 0) is 19.6 Å². The molecule has 0 aromatic heterocycles. The molecule has 1 fully saturated rings. The lowest BCUT2D eigenvalue weighted by Crippen LogP contribution is -2.42. The number of benzene rings is 2. The first kappa shape index (κ1) is 21.4. The first-order valence-corrected chi connectivity index (χ1v) is 10.9. The zero-order chi connectivity index (χ0) is 21.0. The summed E-state index contributed by atoms with van der Waals surface area (Å²) >= 11 is 0. The van der Waals surface area contributed by atoms with Crippen LogP contribution in [0.4, 0.5) is 10.1 Å².